The van der Waals surface area contributed by atoms with Crippen LogP contribution in [-0.2, 0) is 12.5 Å². The first kappa shape index (κ1) is 32.9. The Hall–Kier alpha value is -6.51. The largest absolute Gasteiger partial charge is 0.458 e. The molecule has 1 spiro atoms. The minimum absolute atomic E-state index is 0.612. The maximum atomic E-state index is 6.86. The van der Waals surface area contributed by atoms with Gasteiger partial charge >= 0.3 is 0 Å². The minimum atomic E-state index is -0.612. The second-order valence-electron chi connectivity index (χ2n) is 15.2. The Morgan fingerprint density at radius 2 is 1.34 bits per heavy atom. The highest BCUT2D eigenvalue weighted by Crippen LogP contribution is 2.60. The zero-order chi connectivity index (χ0) is 37.9. The van der Waals surface area contributed by atoms with E-state index >= 15 is 0 Å². The van der Waals surface area contributed by atoms with E-state index in [4.69, 9.17) is 9.72 Å². The molecule has 0 aliphatic carbocycles. The third-order valence-corrected chi connectivity index (χ3v) is 12.8. The summed E-state index contributed by atoms with van der Waals surface area (Å²) in [7, 11) is 10.6. The van der Waals surface area contributed by atoms with Gasteiger partial charge in [0.1, 0.15) is 17.3 Å². The lowest BCUT2D eigenvalue weighted by Crippen LogP contribution is -2.38. The number of rotatable bonds is 5. The number of anilines is 2. The van der Waals surface area contributed by atoms with Crippen LogP contribution in [0.1, 0.15) is 22.3 Å². The van der Waals surface area contributed by atoms with Gasteiger partial charge in [-0.05, 0) is 101 Å². The van der Waals surface area contributed by atoms with Gasteiger partial charge in [0, 0.05) is 72.4 Å². The number of hydrogen-bond acceptors (Lipinski definition) is 5. The van der Waals surface area contributed by atoms with Gasteiger partial charge in [0.15, 0.2) is 0 Å². The lowest BCUT2D eigenvalue weighted by Gasteiger charge is -2.46. The number of nitrogens with zero attached hydrogens (tertiary/aromatic N) is 6. The predicted octanol–water partition coefficient (Wildman–Crippen LogP) is 9.83. The van der Waals surface area contributed by atoms with E-state index in [2.05, 4.69) is 180 Å². The maximum Gasteiger partial charge on any atom is 0.244 e. The Balaban J connectivity index is 1.16. The van der Waals surface area contributed by atoms with E-state index in [0.29, 0.717) is 0 Å². The van der Waals surface area contributed by atoms with E-state index in [-0.39, 0.29) is 0 Å². The molecule has 272 valence electrons. The number of imidazole rings is 1. The molecule has 2 aliphatic rings. The molecule has 0 saturated heterocycles. The van der Waals surface area contributed by atoms with Gasteiger partial charge in [0.25, 0.3) is 0 Å². The van der Waals surface area contributed by atoms with Crippen molar-refractivity contribution in [2.75, 3.05) is 38.0 Å². The molecule has 0 bridgehead atoms. The summed E-state index contributed by atoms with van der Waals surface area (Å²) in [6.45, 7) is 0. The summed E-state index contributed by atoms with van der Waals surface area (Å²) in [6.07, 6.45) is 5.52. The Kier molecular flexibility index (Phi) is 7.04. The fourth-order valence-electron chi connectivity index (χ4n) is 9.07. The van der Waals surface area contributed by atoms with Gasteiger partial charge in [-0.15, -0.1) is 0 Å². The molecule has 0 atom stereocenters. The first-order chi connectivity index (χ1) is 27.3. The van der Waals surface area contributed by atoms with Crippen LogP contribution in [0.3, 0.4) is 0 Å². The van der Waals surface area contributed by atoms with Crippen molar-refractivity contribution in [3.8, 4) is 23.0 Å². The van der Waals surface area contributed by atoms with Gasteiger partial charge in [-0.1, -0.05) is 60.3 Å². The predicted molar refractivity (Wildman–Crippen MR) is 227 cm³/mol. The molecule has 6 aromatic carbocycles. The second kappa shape index (κ2) is 12.0. The van der Waals surface area contributed by atoms with Gasteiger partial charge in [0.05, 0.1) is 40.2 Å². The van der Waals surface area contributed by atoms with Crippen LogP contribution in [0.4, 0.5) is 11.4 Å². The normalized spacial score (nSPS) is 13.5. The fourth-order valence-corrected chi connectivity index (χ4v) is 10.2. The van der Waals surface area contributed by atoms with E-state index < -0.39 is 5.41 Å². The van der Waals surface area contributed by atoms with Crippen LogP contribution in [0.5, 0.6) is 11.5 Å². The molecule has 0 N–H and O–H groups in total. The number of para-hydroxylation sites is 2. The van der Waals surface area contributed by atoms with Crippen molar-refractivity contribution in [3.63, 3.8) is 0 Å². The van der Waals surface area contributed by atoms with Gasteiger partial charge < -0.3 is 23.7 Å². The molecule has 5 heterocycles. The second-order valence-corrected chi connectivity index (χ2v) is 16.3. The molecule has 56 heavy (non-hydrogen) atoms. The van der Waals surface area contributed by atoms with Gasteiger partial charge in [-0.2, -0.15) is 0 Å². The standard InChI is InChI=1S/C48H38N6OS/c1-50(2)30-16-22-44-38(25-30)48(39-26-31(51(3)4)17-23-45(39)56-44)36-21-19-33(28-43(36)53-29-52(5)41-14-10-12-37(48)47(41)53)55-32-18-20-35-34-11-6-7-13-40(34)54(42(35)27-32)46-15-8-9-24-49-46/h6-28H,1-5H3. The first-order valence-electron chi connectivity index (χ1n) is 18.8. The molecule has 0 fully saturated rings. The number of aryl methyl sites for hydroxylation is 1. The van der Waals surface area contributed by atoms with E-state index in [9.17, 15) is 0 Å². The summed E-state index contributed by atoms with van der Waals surface area (Å²) in [5.41, 5.74) is 12.2. The summed E-state index contributed by atoms with van der Waals surface area (Å²) in [6, 6.07) is 48.1. The number of hydrogen-bond donors (Lipinski definition) is 0. The average molecular weight is 747 g/mol. The molecule has 0 amide bonds. The average Bonchev–Trinajstić information content (AvgIpc) is 3.74. The summed E-state index contributed by atoms with van der Waals surface area (Å²) >= 11 is 1.86. The quantitative estimate of drug-likeness (QED) is 0.130. The van der Waals surface area contributed by atoms with E-state index in [1.165, 1.54) is 48.8 Å². The zero-order valence-electron chi connectivity index (χ0n) is 31.8. The summed E-state index contributed by atoms with van der Waals surface area (Å²) in [5, 5.41) is 2.33. The lowest BCUT2D eigenvalue weighted by atomic mass is 9.62. The van der Waals surface area contributed by atoms with E-state index in [1.807, 2.05) is 36.2 Å². The molecular formula is C48H38N6OS. The fraction of sp³-hybridized carbons (Fsp3) is 0.125. The van der Waals surface area contributed by atoms with Gasteiger partial charge in [0.2, 0.25) is 6.33 Å². The third kappa shape index (κ3) is 4.53. The number of fused-ring (bicyclic) bond motifs is 11. The van der Waals surface area contributed by atoms with Crippen LogP contribution in [0, 0.1) is 6.33 Å². The van der Waals surface area contributed by atoms with Crippen molar-refractivity contribution in [2.24, 2.45) is 7.05 Å². The monoisotopic (exact) mass is 746 g/mol. The molecule has 11 rings (SSSR count). The van der Waals surface area contributed by atoms with Crippen LogP contribution in [0.15, 0.2) is 149 Å². The minimum Gasteiger partial charge on any atom is -0.458 e. The molecule has 0 radical (unpaired) electrons. The van der Waals surface area contributed by atoms with E-state index in [1.54, 1.807) is 0 Å². The topological polar surface area (TPSA) is 42.3 Å². The van der Waals surface area contributed by atoms with Crippen molar-refractivity contribution in [1.82, 2.24) is 14.1 Å². The summed E-state index contributed by atoms with van der Waals surface area (Å²) in [5.74, 6) is 2.38. The van der Waals surface area contributed by atoms with Crippen LogP contribution < -0.4 is 19.1 Å². The van der Waals surface area contributed by atoms with Crippen molar-refractivity contribution in [3.05, 3.63) is 168 Å². The molecular weight excluding hydrogens is 709 g/mol. The SMILES string of the molecule is CN(C)c1ccc2c(c1)C1(c3cc(N(C)C)ccc3S2)c2ccc(Oc3ccc4c5ccccc5n(-c5ccccn5)c4c3)cc2-n2[c-][n+](C)c3cccc1c32. The van der Waals surface area contributed by atoms with Crippen LogP contribution >= 0.6 is 11.8 Å². The highest BCUT2D eigenvalue weighted by atomic mass is 32.2. The number of benzene rings is 6. The number of aromatic nitrogens is 4. The molecule has 7 nitrogen and oxygen atoms in total. The van der Waals surface area contributed by atoms with Crippen LogP contribution in [-0.4, -0.2) is 42.3 Å². The van der Waals surface area contributed by atoms with Crippen molar-refractivity contribution >= 4 is 56.0 Å². The highest BCUT2D eigenvalue weighted by molar-refractivity contribution is 7.99. The summed E-state index contributed by atoms with van der Waals surface area (Å²) in [4.78, 5) is 11.7. The molecule has 2 aliphatic heterocycles. The molecule has 9 aromatic rings. The van der Waals surface area contributed by atoms with Crippen LogP contribution in [0.2, 0.25) is 0 Å². The Bertz CT molecular complexity index is 3010. The summed E-state index contributed by atoms with van der Waals surface area (Å²) < 4.78 is 13.4. The third-order valence-electron chi connectivity index (χ3n) is 11.6. The van der Waals surface area contributed by atoms with Crippen molar-refractivity contribution in [1.29, 1.82) is 0 Å². The Labute approximate surface area is 329 Å². The lowest BCUT2D eigenvalue weighted by molar-refractivity contribution is -0.649. The maximum absolute atomic E-state index is 6.86. The molecule has 0 saturated carbocycles. The smallest absolute Gasteiger partial charge is 0.244 e. The molecule has 0 unspecified atom stereocenters. The highest BCUT2D eigenvalue weighted by Gasteiger charge is 2.49. The zero-order valence-corrected chi connectivity index (χ0v) is 32.6. The number of pyridine rings is 1. The first-order valence-corrected chi connectivity index (χ1v) is 19.6. The molecule has 8 heteroatoms. The van der Waals surface area contributed by atoms with Crippen molar-refractivity contribution in [2.45, 2.75) is 15.2 Å². The number of ether oxygens (including phenoxy) is 1. The Morgan fingerprint density at radius 3 is 2.07 bits per heavy atom. The van der Waals surface area contributed by atoms with Crippen molar-refractivity contribution < 1.29 is 9.30 Å². The van der Waals surface area contributed by atoms with Crippen LogP contribution in [0.25, 0.3) is 44.3 Å². The molecule has 3 aromatic heterocycles. The van der Waals surface area contributed by atoms with Gasteiger partial charge in [-0.3, -0.25) is 4.57 Å². The van der Waals surface area contributed by atoms with E-state index in [0.717, 1.165) is 50.5 Å². The van der Waals surface area contributed by atoms with Gasteiger partial charge in [-0.25, -0.2) is 4.98 Å². The Morgan fingerprint density at radius 1 is 0.643 bits per heavy atom.